The van der Waals surface area contributed by atoms with E-state index < -0.39 is 0 Å². The second kappa shape index (κ2) is 8.42. The normalized spacial score (nSPS) is 12.5. The van der Waals surface area contributed by atoms with Crippen molar-refractivity contribution in [3.8, 4) is 5.75 Å². The maximum atomic E-state index is 10.9. The molecular weight excluding hydrogens is 316 g/mol. The lowest BCUT2D eigenvalue weighted by molar-refractivity contribution is -0.109. The predicted octanol–water partition coefficient (Wildman–Crippen LogP) is 5.98. The molecule has 0 unspecified atom stereocenters. The molecule has 136 valence electrons. The van der Waals surface area contributed by atoms with Gasteiger partial charge in [0.15, 0.2) is 5.12 Å². The van der Waals surface area contributed by atoms with Gasteiger partial charge in [-0.15, -0.1) is 0 Å². The molecule has 0 spiro atoms. The van der Waals surface area contributed by atoms with Crippen LogP contribution in [-0.4, -0.2) is 16.0 Å². The maximum absolute atomic E-state index is 10.9. The Labute approximate surface area is 152 Å². The van der Waals surface area contributed by atoms with Crippen LogP contribution in [0.2, 0.25) is 0 Å². The van der Waals surface area contributed by atoms with Gasteiger partial charge in [-0.2, -0.15) is 0 Å². The van der Waals surface area contributed by atoms with Crippen molar-refractivity contribution in [2.75, 3.05) is 5.75 Å². The largest absolute Gasteiger partial charge is 0.507 e. The Morgan fingerprint density at radius 2 is 1.46 bits per heavy atom. The number of unbranched alkanes of at least 4 members (excludes halogenated alkanes) is 2. The van der Waals surface area contributed by atoms with Crippen LogP contribution in [0.3, 0.4) is 0 Å². The molecule has 0 aliphatic rings. The van der Waals surface area contributed by atoms with Crippen LogP contribution in [0.4, 0.5) is 0 Å². The molecule has 1 N–H and O–H groups in total. The summed E-state index contributed by atoms with van der Waals surface area (Å²) < 4.78 is 0. The topological polar surface area (TPSA) is 37.3 Å². The zero-order valence-electron chi connectivity index (χ0n) is 16.5. The van der Waals surface area contributed by atoms with Crippen molar-refractivity contribution < 1.29 is 9.90 Å². The third-order valence-electron chi connectivity index (χ3n) is 4.20. The number of aryl methyl sites for hydroxylation is 1. The van der Waals surface area contributed by atoms with Crippen molar-refractivity contribution in [3.05, 3.63) is 28.8 Å². The van der Waals surface area contributed by atoms with Gasteiger partial charge in [0.25, 0.3) is 0 Å². The molecular formula is C21H34O2S. The minimum atomic E-state index is -0.0712. The van der Waals surface area contributed by atoms with E-state index in [1.807, 2.05) is 0 Å². The number of hydrogen-bond acceptors (Lipinski definition) is 3. The van der Waals surface area contributed by atoms with Crippen LogP contribution in [-0.2, 0) is 22.0 Å². The number of phenols is 1. The standard InChI is InChI=1S/C21H34O2S/c1-15(22)24-12-10-8-9-11-16-13-17(20(2,3)4)19(23)18(14-16)21(5,6)7/h13-14,23H,8-12H2,1-7H3. The summed E-state index contributed by atoms with van der Waals surface area (Å²) in [5.74, 6) is 1.38. The molecule has 1 aromatic rings. The minimum absolute atomic E-state index is 0.0712. The molecule has 24 heavy (non-hydrogen) atoms. The molecule has 0 amide bonds. The highest BCUT2D eigenvalue weighted by Gasteiger charge is 2.26. The Morgan fingerprint density at radius 3 is 1.88 bits per heavy atom. The highest BCUT2D eigenvalue weighted by molar-refractivity contribution is 8.13. The Balaban J connectivity index is 2.86. The summed E-state index contributed by atoms with van der Waals surface area (Å²) in [6.07, 6.45) is 4.37. The third kappa shape index (κ3) is 6.51. The fourth-order valence-corrected chi connectivity index (χ4v) is 3.44. The van der Waals surface area contributed by atoms with E-state index in [4.69, 9.17) is 0 Å². The summed E-state index contributed by atoms with van der Waals surface area (Å²) in [6, 6.07) is 4.35. The lowest BCUT2D eigenvalue weighted by Crippen LogP contribution is -2.18. The average molecular weight is 351 g/mol. The highest BCUT2D eigenvalue weighted by atomic mass is 32.2. The molecule has 1 aromatic carbocycles. The van der Waals surface area contributed by atoms with E-state index in [9.17, 15) is 9.90 Å². The van der Waals surface area contributed by atoms with Gasteiger partial charge in [0.1, 0.15) is 5.75 Å². The predicted molar refractivity (Wildman–Crippen MR) is 106 cm³/mol. The molecule has 1 rings (SSSR count). The smallest absolute Gasteiger partial charge is 0.185 e. The summed E-state index contributed by atoms with van der Waals surface area (Å²) in [6.45, 7) is 14.5. The van der Waals surface area contributed by atoms with E-state index in [0.29, 0.717) is 5.75 Å². The van der Waals surface area contributed by atoms with Crippen LogP contribution in [0.5, 0.6) is 5.75 Å². The number of benzene rings is 1. The van der Waals surface area contributed by atoms with Crippen LogP contribution >= 0.6 is 11.8 Å². The van der Waals surface area contributed by atoms with Gasteiger partial charge in [0.05, 0.1) is 0 Å². The van der Waals surface area contributed by atoms with Crippen LogP contribution in [0.15, 0.2) is 12.1 Å². The van der Waals surface area contributed by atoms with Crippen molar-refractivity contribution in [1.29, 1.82) is 0 Å². The van der Waals surface area contributed by atoms with E-state index >= 15 is 0 Å². The monoisotopic (exact) mass is 350 g/mol. The van der Waals surface area contributed by atoms with Gasteiger partial charge in [-0.25, -0.2) is 0 Å². The summed E-state index contributed by atoms with van der Waals surface area (Å²) in [7, 11) is 0. The number of rotatable bonds is 6. The van der Waals surface area contributed by atoms with Gasteiger partial charge in [0.2, 0.25) is 0 Å². The third-order valence-corrected chi connectivity index (χ3v) is 5.10. The summed E-state index contributed by atoms with van der Waals surface area (Å²) in [5, 5.41) is 11.0. The Bertz CT molecular complexity index is 527. The van der Waals surface area contributed by atoms with E-state index in [1.165, 1.54) is 17.3 Å². The zero-order valence-corrected chi connectivity index (χ0v) is 17.3. The van der Waals surface area contributed by atoms with E-state index in [0.717, 1.165) is 42.6 Å². The van der Waals surface area contributed by atoms with E-state index in [2.05, 4.69) is 53.7 Å². The number of aromatic hydroxyl groups is 1. The lowest BCUT2D eigenvalue weighted by Gasteiger charge is -2.28. The molecule has 2 nitrogen and oxygen atoms in total. The van der Waals surface area contributed by atoms with Crippen molar-refractivity contribution in [2.45, 2.75) is 85.0 Å². The Kier molecular flexibility index (Phi) is 7.40. The Hall–Kier alpha value is -0.960. The molecule has 0 aromatic heterocycles. The lowest BCUT2D eigenvalue weighted by atomic mass is 9.78. The molecule has 0 atom stereocenters. The van der Waals surface area contributed by atoms with Crippen LogP contribution in [0.1, 0.15) is 84.4 Å². The average Bonchev–Trinajstić information content (AvgIpc) is 2.41. The Morgan fingerprint density at radius 1 is 0.958 bits per heavy atom. The number of hydrogen-bond donors (Lipinski definition) is 1. The molecule has 0 aliphatic heterocycles. The first-order chi connectivity index (χ1) is 10.9. The first-order valence-corrected chi connectivity index (χ1v) is 9.91. The molecule has 0 saturated carbocycles. The fourth-order valence-electron chi connectivity index (χ4n) is 2.81. The van der Waals surface area contributed by atoms with Gasteiger partial charge in [0, 0.05) is 12.7 Å². The van der Waals surface area contributed by atoms with Crippen LogP contribution in [0.25, 0.3) is 0 Å². The molecule has 0 aliphatic carbocycles. The van der Waals surface area contributed by atoms with Crippen molar-refractivity contribution in [3.63, 3.8) is 0 Å². The molecule has 0 heterocycles. The second-order valence-electron chi connectivity index (χ2n) is 8.69. The molecule has 0 radical (unpaired) electrons. The van der Waals surface area contributed by atoms with E-state index in [-0.39, 0.29) is 15.9 Å². The molecule has 0 saturated heterocycles. The zero-order chi connectivity index (χ0) is 18.5. The van der Waals surface area contributed by atoms with E-state index in [1.54, 1.807) is 6.92 Å². The molecule has 0 bridgehead atoms. The second-order valence-corrected chi connectivity index (χ2v) is 9.96. The maximum Gasteiger partial charge on any atom is 0.185 e. The quantitative estimate of drug-likeness (QED) is 0.641. The SMILES string of the molecule is CC(=O)SCCCCCc1cc(C(C)(C)C)c(O)c(C(C)(C)C)c1. The first-order valence-electron chi connectivity index (χ1n) is 8.93. The molecule has 0 fully saturated rings. The summed E-state index contributed by atoms with van der Waals surface area (Å²) in [4.78, 5) is 10.9. The number of thioether (sulfide) groups is 1. The highest BCUT2D eigenvalue weighted by Crippen LogP contribution is 2.40. The number of carbonyl (C=O) groups is 1. The van der Waals surface area contributed by atoms with Crippen LogP contribution in [0, 0.1) is 0 Å². The number of carbonyl (C=O) groups excluding carboxylic acids is 1. The van der Waals surface area contributed by atoms with Crippen molar-refractivity contribution in [2.24, 2.45) is 0 Å². The summed E-state index contributed by atoms with van der Waals surface area (Å²) >= 11 is 1.42. The number of phenolic OH excluding ortho intramolecular Hbond substituents is 1. The minimum Gasteiger partial charge on any atom is -0.507 e. The fraction of sp³-hybridized carbons (Fsp3) is 0.667. The molecule has 3 heteroatoms. The van der Waals surface area contributed by atoms with Gasteiger partial charge in [-0.3, -0.25) is 4.79 Å². The van der Waals surface area contributed by atoms with Gasteiger partial charge >= 0.3 is 0 Å². The van der Waals surface area contributed by atoms with Gasteiger partial charge < -0.3 is 5.11 Å². The first kappa shape index (κ1) is 21.1. The van der Waals surface area contributed by atoms with Crippen molar-refractivity contribution in [1.82, 2.24) is 0 Å². The van der Waals surface area contributed by atoms with Gasteiger partial charge in [-0.05, 0) is 46.8 Å². The van der Waals surface area contributed by atoms with Crippen molar-refractivity contribution >= 4 is 16.9 Å². The van der Waals surface area contributed by atoms with Crippen LogP contribution < -0.4 is 0 Å². The van der Waals surface area contributed by atoms with Gasteiger partial charge in [-0.1, -0.05) is 71.9 Å². The summed E-state index contributed by atoms with van der Waals surface area (Å²) in [5.41, 5.74) is 3.24.